The molecule has 2 aromatic rings. The van der Waals surface area contributed by atoms with Crippen LogP contribution in [0.2, 0.25) is 0 Å². The van der Waals surface area contributed by atoms with E-state index in [-0.39, 0.29) is 5.75 Å². The highest BCUT2D eigenvalue weighted by molar-refractivity contribution is 7.90. The van der Waals surface area contributed by atoms with Crippen LogP contribution in [0.5, 0.6) is 0 Å². The Bertz CT molecular complexity index is 643. The molecule has 0 atom stereocenters. The summed E-state index contributed by atoms with van der Waals surface area (Å²) in [4.78, 5) is 0.380. The number of benzene rings is 2. The highest BCUT2D eigenvalue weighted by Crippen LogP contribution is 2.20. The van der Waals surface area contributed by atoms with Crippen molar-refractivity contribution in [3.05, 3.63) is 65.2 Å². The fourth-order valence-electron chi connectivity index (χ4n) is 1.88. The summed E-state index contributed by atoms with van der Waals surface area (Å²) in [6.07, 6.45) is 0. The van der Waals surface area contributed by atoms with E-state index in [9.17, 15) is 8.42 Å². The highest BCUT2D eigenvalue weighted by Gasteiger charge is 2.16. The van der Waals surface area contributed by atoms with Gasteiger partial charge < -0.3 is 0 Å². The quantitative estimate of drug-likeness (QED) is 0.848. The standard InChI is InChI=1S/C15H16O2S/c1-12-7-6-8-14(13(12)2)11-18(16,17)15-9-4-3-5-10-15/h3-10H,11H2,1-2H3. The summed E-state index contributed by atoms with van der Waals surface area (Å²) in [5.74, 6) is 0.0600. The van der Waals surface area contributed by atoms with Crippen LogP contribution in [-0.4, -0.2) is 8.42 Å². The van der Waals surface area contributed by atoms with E-state index in [4.69, 9.17) is 0 Å². The molecular formula is C15H16O2S. The summed E-state index contributed by atoms with van der Waals surface area (Å²) in [7, 11) is -3.25. The Morgan fingerprint density at radius 3 is 2.22 bits per heavy atom. The van der Waals surface area contributed by atoms with Crippen LogP contribution in [0.4, 0.5) is 0 Å². The second-order valence-electron chi connectivity index (χ2n) is 4.43. The van der Waals surface area contributed by atoms with Gasteiger partial charge in [-0.2, -0.15) is 0 Å². The van der Waals surface area contributed by atoms with Crippen molar-refractivity contribution in [3.8, 4) is 0 Å². The van der Waals surface area contributed by atoms with E-state index in [1.807, 2.05) is 38.1 Å². The van der Waals surface area contributed by atoms with E-state index in [0.29, 0.717) is 4.90 Å². The minimum Gasteiger partial charge on any atom is -0.223 e. The van der Waals surface area contributed by atoms with E-state index in [2.05, 4.69) is 0 Å². The number of hydrogen-bond acceptors (Lipinski definition) is 2. The fourth-order valence-corrected chi connectivity index (χ4v) is 3.34. The van der Waals surface area contributed by atoms with E-state index in [1.165, 1.54) is 0 Å². The molecule has 0 aliphatic heterocycles. The predicted molar refractivity (Wildman–Crippen MR) is 73.2 cm³/mol. The van der Waals surface area contributed by atoms with Crippen molar-refractivity contribution in [1.29, 1.82) is 0 Å². The summed E-state index contributed by atoms with van der Waals surface area (Å²) < 4.78 is 24.5. The van der Waals surface area contributed by atoms with Gasteiger partial charge in [-0.15, -0.1) is 0 Å². The number of aryl methyl sites for hydroxylation is 1. The lowest BCUT2D eigenvalue weighted by molar-refractivity contribution is 0.595. The average molecular weight is 260 g/mol. The lowest BCUT2D eigenvalue weighted by Gasteiger charge is -2.09. The second kappa shape index (κ2) is 4.94. The van der Waals surface area contributed by atoms with Crippen LogP contribution in [-0.2, 0) is 15.6 Å². The first-order valence-corrected chi connectivity index (χ1v) is 7.49. The first kappa shape index (κ1) is 12.8. The van der Waals surface area contributed by atoms with Crippen molar-refractivity contribution in [2.45, 2.75) is 24.5 Å². The molecular weight excluding hydrogens is 244 g/mol. The molecule has 0 bridgehead atoms. The molecule has 3 heteroatoms. The molecule has 2 nitrogen and oxygen atoms in total. The van der Waals surface area contributed by atoms with Gasteiger partial charge in [0.2, 0.25) is 0 Å². The van der Waals surface area contributed by atoms with E-state index in [0.717, 1.165) is 16.7 Å². The third-order valence-electron chi connectivity index (χ3n) is 3.16. The topological polar surface area (TPSA) is 34.1 Å². The number of sulfone groups is 1. The monoisotopic (exact) mass is 260 g/mol. The first-order chi connectivity index (χ1) is 8.50. The predicted octanol–water partition coefficient (Wildman–Crippen LogP) is 3.28. The molecule has 0 amide bonds. The Balaban J connectivity index is 2.37. The Morgan fingerprint density at radius 1 is 0.889 bits per heavy atom. The molecule has 0 heterocycles. The molecule has 94 valence electrons. The highest BCUT2D eigenvalue weighted by atomic mass is 32.2. The summed E-state index contributed by atoms with van der Waals surface area (Å²) in [5.41, 5.74) is 3.05. The van der Waals surface area contributed by atoms with Gasteiger partial charge in [0, 0.05) is 0 Å². The zero-order valence-corrected chi connectivity index (χ0v) is 11.4. The molecule has 0 saturated heterocycles. The van der Waals surface area contributed by atoms with Gasteiger partial charge in [-0.25, -0.2) is 8.42 Å². The van der Waals surface area contributed by atoms with Crippen molar-refractivity contribution in [2.75, 3.05) is 0 Å². The Morgan fingerprint density at radius 2 is 1.56 bits per heavy atom. The number of hydrogen-bond donors (Lipinski definition) is 0. The summed E-state index contributed by atoms with van der Waals surface area (Å²) in [6.45, 7) is 3.96. The molecule has 0 aliphatic carbocycles. The van der Waals surface area contributed by atoms with Gasteiger partial charge in [0.05, 0.1) is 10.6 Å². The van der Waals surface area contributed by atoms with Gasteiger partial charge in [0.1, 0.15) is 0 Å². The third kappa shape index (κ3) is 2.62. The van der Waals surface area contributed by atoms with Gasteiger partial charge >= 0.3 is 0 Å². The normalized spacial score (nSPS) is 11.4. The molecule has 2 rings (SSSR count). The summed E-state index contributed by atoms with van der Waals surface area (Å²) >= 11 is 0. The summed E-state index contributed by atoms with van der Waals surface area (Å²) in [6, 6.07) is 14.4. The Hall–Kier alpha value is -1.61. The largest absolute Gasteiger partial charge is 0.223 e. The first-order valence-electron chi connectivity index (χ1n) is 5.83. The molecule has 18 heavy (non-hydrogen) atoms. The van der Waals surface area contributed by atoms with Crippen molar-refractivity contribution < 1.29 is 8.42 Å². The molecule has 2 aromatic carbocycles. The second-order valence-corrected chi connectivity index (χ2v) is 6.42. The average Bonchev–Trinajstić information content (AvgIpc) is 2.36. The minimum atomic E-state index is -3.25. The van der Waals surface area contributed by atoms with E-state index in [1.54, 1.807) is 24.3 Å². The molecule has 0 radical (unpaired) electrons. The van der Waals surface area contributed by atoms with Crippen LogP contribution < -0.4 is 0 Å². The maximum atomic E-state index is 12.3. The van der Waals surface area contributed by atoms with Gasteiger partial charge in [-0.05, 0) is 42.7 Å². The van der Waals surface area contributed by atoms with Crippen LogP contribution in [0, 0.1) is 13.8 Å². The van der Waals surface area contributed by atoms with Gasteiger partial charge in [0.25, 0.3) is 0 Å². The number of rotatable bonds is 3. The molecule has 0 spiro atoms. The SMILES string of the molecule is Cc1cccc(CS(=O)(=O)c2ccccc2)c1C. The van der Waals surface area contributed by atoms with E-state index >= 15 is 0 Å². The fraction of sp³-hybridized carbons (Fsp3) is 0.200. The molecule has 0 saturated carbocycles. The maximum absolute atomic E-state index is 12.3. The third-order valence-corrected chi connectivity index (χ3v) is 4.85. The van der Waals surface area contributed by atoms with Gasteiger partial charge in [-0.1, -0.05) is 36.4 Å². The van der Waals surface area contributed by atoms with Gasteiger partial charge in [-0.3, -0.25) is 0 Å². The Labute approximate surface area is 108 Å². The van der Waals surface area contributed by atoms with Crippen LogP contribution in [0.15, 0.2) is 53.4 Å². The van der Waals surface area contributed by atoms with Crippen molar-refractivity contribution >= 4 is 9.84 Å². The van der Waals surface area contributed by atoms with Gasteiger partial charge in [0.15, 0.2) is 9.84 Å². The molecule has 0 fully saturated rings. The lowest BCUT2D eigenvalue weighted by atomic mass is 10.1. The van der Waals surface area contributed by atoms with Crippen molar-refractivity contribution in [2.24, 2.45) is 0 Å². The smallest absolute Gasteiger partial charge is 0.182 e. The molecule has 0 N–H and O–H groups in total. The van der Waals surface area contributed by atoms with Crippen LogP contribution in [0.3, 0.4) is 0 Å². The van der Waals surface area contributed by atoms with Crippen LogP contribution in [0.1, 0.15) is 16.7 Å². The zero-order valence-electron chi connectivity index (χ0n) is 10.6. The summed E-state index contributed by atoms with van der Waals surface area (Å²) in [5, 5.41) is 0. The molecule has 0 aromatic heterocycles. The zero-order chi connectivity index (χ0) is 13.2. The Kier molecular flexibility index (Phi) is 3.53. The van der Waals surface area contributed by atoms with Crippen molar-refractivity contribution in [3.63, 3.8) is 0 Å². The minimum absolute atomic E-state index is 0.0600. The molecule has 0 unspecified atom stereocenters. The van der Waals surface area contributed by atoms with Crippen molar-refractivity contribution in [1.82, 2.24) is 0 Å². The van der Waals surface area contributed by atoms with Crippen LogP contribution in [0.25, 0.3) is 0 Å². The lowest BCUT2D eigenvalue weighted by Crippen LogP contribution is -2.06. The maximum Gasteiger partial charge on any atom is 0.182 e. The molecule has 0 aliphatic rings. The van der Waals surface area contributed by atoms with Crippen LogP contribution >= 0.6 is 0 Å². The van der Waals surface area contributed by atoms with E-state index < -0.39 is 9.84 Å².